The van der Waals surface area contributed by atoms with Crippen LogP contribution in [0.5, 0.6) is 5.75 Å². The van der Waals surface area contributed by atoms with E-state index in [1.807, 2.05) is 19.1 Å². The number of carbonyl (C=O) groups is 3. The van der Waals surface area contributed by atoms with Gasteiger partial charge in [0.2, 0.25) is 0 Å². The molecular weight excluding hydrogens is 352 g/mol. The molecule has 0 atom stereocenters. The van der Waals surface area contributed by atoms with Gasteiger partial charge in [-0.1, -0.05) is 29.8 Å². The zero-order valence-corrected chi connectivity index (χ0v) is 14.6. The lowest BCUT2D eigenvalue weighted by molar-refractivity contribution is -0.123. The van der Waals surface area contributed by atoms with E-state index in [1.165, 1.54) is 6.08 Å². The SMILES string of the molecule is Cc1ccc(C(=O)Oc2cccc(C=C3C(=O)NC(=S)NC3=O)c2)cc1. The lowest BCUT2D eigenvalue weighted by atomic mass is 10.1. The van der Waals surface area contributed by atoms with Crippen LogP contribution in [0.4, 0.5) is 0 Å². The summed E-state index contributed by atoms with van der Waals surface area (Å²) in [7, 11) is 0. The summed E-state index contributed by atoms with van der Waals surface area (Å²) in [6, 6.07) is 13.5. The highest BCUT2D eigenvalue weighted by atomic mass is 32.1. The molecule has 0 unspecified atom stereocenters. The molecule has 2 N–H and O–H groups in total. The molecule has 2 aromatic carbocycles. The third kappa shape index (κ3) is 4.01. The molecule has 1 aliphatic rings. The molecule has 0 aliphatic carbocycles. The van der Waals surface area contributed by atoms with Gasteiger partial charge >= 0.3 is 5.97 Å². The molecule has 0 saturated carbocycles. The van der Waals surface area contributed by atoms with Gasteiger partial charge in [-0.3, -0.25) is 20.2 Å². The molecule has 1 fully saturated rings. The minimum absolute atomic E-state index is 0.0297. The minimum atomic E-state index is -0.583. The van der Waals surface area contributed by atoms with Crippen molar-refractivity contribution in [1.82, 2.24) is 10.6 Å². The molecule has 3 rings (SSSR count). The second-order valence-corrected chi connectivity index (χ2v) is 6.03. The van der Waals surface area contributed by atoms with Gasteiger partial charge in [-0.05, 0) is 55.0 Å². The van der Waals surface area contributed by atoms with Crippen molar-refractivity contribution in [2.24, 2.45) is 0 Å². The average Bonchev–Trinajstić information content (AvgIpc) is 2.59. The third-order valence-electron chi connectivity index (χ3n) is 3.61. The van der Waals surface area contributed by atoms with Crippen LogP contribution in [0.2, 0.25) is 0 Å². The van der Waals surface area contributed by atoms with E-state index in [2.05, 4.69) is 10.6 Å². The first kappa shape index (κ1) is 17.5. The van der Waals surface area contributed by atoms with E-state index < -0.39 is 17.8 Å². The van der Waals surface area contributed by atoms with E-state index in [1.54, 1.807) is 36.4 Å². The lowest BCUT2D eigenvalue weighted by Crippen LogP contribution is -2.51. The number of ether oxygens (including phenoxy) is 1. The molecule has 1 heterocycles. The predicted octanol–water partition coefficient (Wildman–Crippen LogP) is 2.13. The molecule has 130 valence electrons. The molecular formula is C19H14N2O4S. The van der Waals surface area contributed by atoms with Gasteiger partial charge in [0.25, 0.3) is 11.8 Å². The Morgan fingerprint density at radius 1 is 1.04 bits per heavy atom. The topological polar surface area (TPSA) is 84.5 Å². The van der Waals surface area contributed by atoms with Crippen molar-refractivity contribution < 1.29 is 19.1 Å². The first-order valence-electron chi connectivity index (χ1n) is 7.69. The second kappa shape index (κ2) is 7.28. The van der Waals surface area contributed by atoms with Gasteiger partial charge in [-0.15, -0.1) is 0 Å². The highest BCUT2D eigenvalue weighted by Gasteiger charge is 2.25. The summed E-state index contributed by atoms with van der Waals surface area (Å²) in [4.78, 5) is 35.9. The van der Waals surface area contributed by atoms with E-state index in [9.17, 15) is 14.4 Å². The molecule has 2 amide bonds. The van der Waals surface area contributed by atoms with Crippen LogP contribution in [-0.4, -0.2) is 22.9 Å². The van der Waals surface area contributed by atoms with Crippen LogP contribution >= 0.6 is 12.2 Å². The summed E-state index contributed by atoms with van der Waals surface area (Å²) in [6.07, 6.45) is 1.40. The van der Waals surface area contributed by atoms with E-state index in [4.69, 9.17) is 17.0 Å². The summed E-state index contributed by atoms with van der Waals surface area (Å²) in [5.74, 6) is -1.35. The average molecular weight is 366 g/mol. The Morgan fingerprint density at radius 3 is 2.35 bits per heavy atom. The second-order valence-electron chi connectivity index (χ2n) is 5.62. The Balaban J connectivity index is 1.80. The normalized spacial score (nSPS) is 13.7. The fourth-order valence-corrected chi connectivity index (χ4v) is 2.48. The van der Waals surface area contributed by atoms with Crippen molar-refractivity contribution in [3.05, 3.63) is 70.8 Å². The highest BCUT2D eigenvalue weighted by Crippen LogP contribution is 2.18. The zero-order chi connectivity index (χ0) is 18.7. The number of aryl methyl sites for hydroxylation is 1. The highest BCUT2D eigenvalue weighted by molar-refractivity contribution is 7.80. The van der Waals surface area contributed by atoms with Crippen LogP contribution in [0, 0.1) is 6.92 Å². The Labute approximate surface area is 154 Å². The Bertz CT molecular complexity index is 926. The quantitative estimate of drug-likeness (QED) is 0.286. The fraction of sp³-hybridized carbons (Fsp3) is 0.0526. The summed E-state index contributed by atoms with van der Waals surface area (Å²) in [5, 5.41) is 4.69. The number of thiocarbonyl (C=S) groups is 1. The van der Waals surface area contributed by atoms with Crippen molar-refractivity contribution in [3.8, 4) is 5.75 Å². The summed E-state index contributed by atoms with van der Waals surface area (Å²) >= 11 is 4.75. The van der Waals surface area contributed by atoms with Crippen LogP contribution in [-0.2, 0) is 9.59 Å². The van der Waals surface area contributed by atoms with Crippen molar-refractivity contribution in [2.75, 3.05) is 0 Å². The zero-order valence-electron chi connectivity index (χ0n) is 13.7. The van der Waals surface area contributed by atoms with E-state index in [0.29, 0.717) is 16.9 Å². The van der Waals surface area contributed by atoms with Crippen molar-refractivity contribution in [1.29, 1.82) is 0 Å². The first-order chi connectivity index (χ1) is 12.4. The number of amides is 2. The van der Waals surface area contributed by atoms with Gasteiger partial charge in [-0.25, -0.2) is 4.79 Å². The monoisotopic (exact) mass is 366 g/mol. The summed E-state index contributed by atoms with van der Waals surface area (Å²) < 4.78 is 5.35. The number of rotatable bonds is 3. The van der Waals surface area contributed by atoms with Gasteiger partial charge in [0.1, 0.15) is 11.3 Å². The largest absolute Gasteiger partial charge is 0.423 e. The smallest absolute Gasteiger partial charge is 0.343 e. The predicted molar refractivity (Wildman–Crippen MR) is 99.4 cm³/mol. The maximum atomic E-state index is 12.2. The number of benzene rings is 2. The van der Waals surface area contributed by atoms with Gasteiger partial charge in [-0.2, -0.15) is 0 Å². The van der Waals surface area contributed by atoms with E-state index >= 15 is 0 Å². The molecule has 1 aliphatic heterocycles. The Hall–Kier alpha value is -3.32. The number of esters is 1. The van der Waals surface area contributed by atoms with Crippen molar-refractivity contribution >= 4 is 41.2 Å². The standard InChI is InChI=1S/C19H14N2O4S/c1-11-5-7-13(8-6-11)18(24)25-14-4-2-3-12(9-14)10-15-16(22)20-19(26)21-17(15)23/h2-10H,1H3,(H2,20,21,22,23,26). The van der Waals surface area contributed by atoms with Gasteiger partial charge in [0, 0.05) is 0 Å². The van der Waals surface area contributed by atoms with Crippen molar-refractivity contribution in [2.45, 2.75) is 6.92 Å². The van der Waals surface area contributed by atoms with Crippen LogP contribution in [0.15, 0.2) is 54.1 Å². The van der Waals surface area contributed by atoms with Gasteiger partial charge in [0.15, 0.2) is 5.11 Å². The first-order valence-corrected chi connectivity index (χ1v) is 8.10. The van der Waals surface area contributed by atoms with Crippen LogP contribution in [0.3, 0.4) is 0 Å². The molecule has 0 bridgehead atoms. The number of hydrogen-bond acceptors (Lipinski definition) is 5. The Kier molecular flexibility index (Phi) is 4.90. The van der Waals surface area contributed by atoms with Crippen LogP contribution in [0.25, 0.3) is 6.08 Å². The molecule has 6 nitrogen and oxygen atoms in total. The summed E-state index contributed by atoms with van der Waals surface area (Å²) in [5.41, 5.74) is 1.92. The lowest BCUT2D eigenvalue weighted by Gasteiger charge is -2.16. The maximum Gasteiger partial charge on any atom is 0.343 e. The summed E-state index contributed by atoms with van der Waals surface area (Å²) in [6.45, 7) is 1.93. The molecule has 0 aromatic heterocycles. The number of carbonyl (C=O) groups excluding carboxylic acids is 3. The molecule has 0 spiro atoms. The Morgan fingerprint density at radius 2 is 1.69 bits per heavy atom. The van der Waals surface area contributed by atoms with Crippen LogP contribution < -0.4 is 15.4 Å². The minimum Gasteiger partial charge on any atom is -0.423 e. The molecule has 26 heavy (non-hydrogen) atoms. The molecule has 0 radical (unpaired) electrons. The molecule has 7 heteroatoms. The van der Waals surface area contributed by atoms with Gasteiger partial charge in [0.05, 0.1) is 5.56 Å². The van der Waals surface area contributed by atoms with E-state index in [-0.39, 0.29) is 10.7 Å². The fourth-order valence-electron chi connectivity index (χ4n) is 2.30. The van der Waals surface area contributed by atoms with E-state index in [0.717, 1.165) is 5.56 Å². The molecule has 1 saturated heterocycles. The van der Waals surface area contributed by atoms with Gasteiger partial charge < -0.3 is 4.74 Å². The molecule has 2 aromatic rings. The number of nitrogens with one attached hydrogen (secondary N) is 2. The number of hydrogen-bond donors (Lipinski definition) is 2. The maximum absolute atomic E-state index is 12.2. The van der Waals surface area contributed by atoms with Crippen molar-refractivity contribution in [3.63, 3.8) is 0 Å². The third-order valence-corrected chi connectivity index (χ3v) is 3.81. The van der Waals surface area contributed by atoms with Crippen LogP contribution in [0.1, 0.15) is 21.5 Å².